The minimum absolute atomic E-state index is 0.0223. The van der Waals surface area contributed by atoms with Gasteiger partial charge in [0.15, 0.2) is 0 Å². The minimum atomic E-state index is -0.736. The van der Waals surface area contributed by atoms with Gasteiger partial charge in [0.1, 0.15) is 11.1 Å². The second kappa shape index (κ2) is 12.0. The van der Waals surface area contributed by atoms with Crippen LogP contribution in [0.2, 0.25) is 0 Å². The van der Waals surface area contributed by atoms with E-state index in [1.807, 2.05) is 60.7 Å². The van der Waals surface area contributed by atoms with Gasteiger partial charge in [-0.05, 0) is 83.9 Å². The number of aromatic nitrogens is 4. The van der Waals surface area contributed by atoms with E-state index in [9.17, 15) is 20.1 Å². The number of nitrogens with zero attached hydrogens (tertiary/aromatic N) is 4. The zero-order valence-corrected chi connectivity index (χ0v) is 25.7. The van der Waals surface area contributed by atoms with Crippen LogP contribution in [0.15, 0.2) is 84.9 Å². The van der Waals surface area contributed by atoms with Crippen molar-refractivity contribution in [2.75, 3.05) is 14.2 Å². The molecule has 2 aliphatic heterocycles. The van der Waals surface area contributed by atoms with Gasteiger partial charge in [0.25, 0.3) is 0 Å². The largest absolute Gasteiger partial charge is 0.465 e. The first kappa shape index (κ1) is 29.7. The van der Waals surface area contributed by atoms with Gasteiger partial charge in [-0.3, -0.25) is 0 Å². The van der Waals surface area contributed by atoms with E-state index in [1.54, 1.807) is 36.4 Å². The maximum Gasteiger partial charge on any atom is 0.341 e. The Morgan fingerprint density at radius 2 is 1.02 bits per heavy atom. The Hall–Kier alpha value is -7.04. The van der Waals surface area contributed by atoms with Crippen molar-refractivity contribution in [2.24, 2.45) is 0 Å². The van der Waals surface area contributed by atoms with Crippen molar-refractivity contribution in [3.63, 3.8) is 0 Å². The molecule has 0 aliphatic carbocycles. The molecular formula is C38H24N6O4. The number of carbonyl (C=O) groups is 2. The molecule has 3 aromatic heterocycles. The van der Waals surface area contributed by atoms with Crippen LogP contribution in [-0.4, -0.2) is 46.1 Å². The molecule has 2 N–H and O–H groups in total. The number of aromatic amines is 2. The number of methoxy groups -OCH3 is 2. The predicted molar refractivity (Wildman–Crippen MR) is 181 cm³/mol. The number of benzene rings is 2. The normalized spacial score (nSPS) is 11.9. The summed E-state index contributed by atoms with van der Waals surface area (Å²) in [7, 11) is 2.48. The Morgan fingerprint density at radius 3 is 1.40 bits per heavy atom. The molecule has 5 heterocycles. The van der Waals surface area contributed by atoms with Crippen LogP contribution in [0.3, 0.4) is 0 Å². The quantitative estimate of drug-likeness (QED) is 0.201. The van der Waals surface area contributed by atoms with Crippen LogP contribution in [0.25, 0.3) is 67.6 Å². The zero-order valence-electron chi connectivity index (χ0n) is 25.7. The standard InChI is InChI=1S/C38H24N6O4/c1-47-37(45)35-31-17-25-11-13-27(41-25)33(23-7-3-21(19-39)4-8-23)29-15-16-30(43-29)34(24-9-5-22(20-40)6-10-24)28-14-12-26(42-28)18-32(44-31)36(35)38(46)48-2/h3-18,41-42H,1-2H3. The Balaban J connectivity index is 1.64. The van der Waals surface area contributed by atoms with E-state index < -0.39 is 11.9 Å². The second-order valence-electron chi connectivity index (χ2n) is 10.9. The van der Waals surface area contributed by atoms with Gasteiger partial charge in [-0.15, -0.1) is 0 Å². The molecule has 0 fully saturated rings. The van der Waals surface area contributed by atoms with Crippen LogP contribution in [0.4, 0.5) is 0 Å². The zero-order chi connectivity index (χ0) is 33.4. The Bertz CT molecular complexity index is 2300. The smallest absolute Gasteiger partial charge is 0.341 e. The molecular weight excluding hydrogens is 604 g/mol. The van der Waals surface area contributed by atoms with Crippen molar-refractivity contribution >= 4 is 57.3 Å². The molecule has 0 saturated carbocycles. The summed E-state index contributed by atoms with van der Waals surface area (Å²) < 4.78 is 10.2. The number of fused-ring (bicyclic) bond motifs is 8. The Labute approximate surface area is 273 Å². The van der Waals surface area contributed by atoms with Crippen LogP contribution >= 0.6 is 0 Å². The summed E-state index contributed by atoms with van der Waals surface area (Å²) >= 11 is 0. The second-order valence-corrected chi connectivity index (χ2v) is 10.9. The van der Waals surface area contributed by atoms with E-state index in [4.69, 9.17) is 19.4 Å². The van der Waals surface area contributed by atoms with E-state index in [0.29, 0.717) is 33.5 Å². The highest BCUT2D eigenvalue weighted by Crippen LogP contribution is 2.36. The number of nitrogens with one attached hydrogen (secondary N) is 2. The van der Waals surface area contributed by atoms with Crippen LogP contribution < -0.4 is 0 Å². The lowest BCUT2D eigenvalue weighted by molar-refractivity contribution is -0.135. The predicted octanol–water partition coefficient (Wildman–Crippen LogP) is 6.82. The van der Waals surface area contributed by atoms with Gasteiger partial charge in [-0.1, -0.05) is 24.3 Å². The number of rotatable bonds is 4. The minimum Gasteiger partial charge on any atom is -0.465 e. The molecule has 2 aliphatic rings. The molecule has 0 radical (unpaired) electrons. The van der Waals surface area contributed by atoms with Gasteiger partial charge in [0, 0.05) is 33.2 Å². The SMILES string of the molecule is COC(=O)C1=C(C(=O)OC)c2cc3ccc([nH]3)c(-c3ccc(C#N)cc3)c3nc(c(-c4ccc(C#N)cc4)c4ccc(cc1n2)[nH]4)C=C3. The molecule has 230 valence electrons. The molecule has 10 heteroatoms. The van der Waals surface area contributed by atoms with E-state index in [-0.39, 0.29) is 22.5 Å². The average molecular weight is 629 g/mol. The fraction of sp³-hybridized carbons (Fsp3) is 0.0526. The molecule has 0 unspecified atom stereocenters. The number of hydrogen-bond donors (Lipinski definition) is 2. The fourth-order valence-corrected chi connectivity index (χ4v) is 5.85. The van der Waals surface area contributed by atoms with Gasteiger partial charge < -0.3 is 19.4 Å². The maximum absolute atomic E-state index is 13.1. The van der Waals surface area contributed by atoms with Gasteiger partial charge in [0.05, 0.1) is 60.3 Å². The average Bonchev–Trinajstić information content (AvgIpc) is 3.94. The van der Waals surface area contributed by atoms with E-state index >= 15 is 0 Å². The highest BCUT2D eigenvalue weighted by atomic mass is 16.5. The first-order valence-corrected chi connectivity index (χ1v) is 14.8. The lowest BCUT2D eigenvalue weighted by Crippen LogP contribution is -2.10. The molecule has 0 saturated heterocycles. The third-order valence-electron chi connectivity index (χ3n) is 8.08. The van der Waals surface area contributed by atoms with E-state index in [1.165, 1.54) is 14.2 Å². The van der Waals surface area contributed by atoms with Crippen LogP contribution in [0.1, 0.15) is 33.9 Å². The van der Waals surface area contributed by atoms with Crippen LogP contribution in [0.5, 0.6) is 0 Å². The van der Waals surface area contributed by atoms with Crippen molar-refractivity contribution in [1.29, 1.82) is 10.5 Å². The summed E-state index contributed by atoms with van der Waals surface area (Å²) in [5.74, 6) is -1.47. The lowest BCUT2D eigenvalue weighted by Gasteiger charge is -2.05. The summed E-state index contributed by atoms with van der Waals surface area (Å²) in [6.07, 6.45) is 3.88. The lowest BCUT2D eigenvalue weighted by atomic mass is 10.0. The van der Waals surface area contributed by atoms with Crippen LogP contribution in [-0.2, 0) is 19.1 Å². The van der Waals surface area contributed by atoms with Crippen molar-refractivity contribution < 1.29 is 19.1 Å². The Morgan fingerprint density at radius 1 is 0.604 bits per heavy atom. The number of nitriles is 2. The number of hydrogen-bond acceptors (Lipinski definition) is 8. The van der Waals surface area contributed by atoms with Crippen molar-refractivity contribution in [2.45, 2.75) is 0 Å². The number of esters is 2. The first-order valence-electron chi connectivity index (χ1n) is 14.8. The van der Waals surface area contributed by atoms with Gasteiger partial charge in [-0.2, -0.15) is 10.5 Å². The Kier molecular flexibility index (Phi) is 7.44. The van der Waals surface area contributed by atoms with E-state index in [0.717, 1.165) is 33.3 Å². The van der Waals surface area contributed by atoms with Crippen LogP contribution in [0, 0.1) is 22.7 Å². The molecule has 48 heavy (non-hydrogen) atoms. The molecule has 0 amide bonds. The number of carbonyl (C=O) groups excluding carboxylic acids is 2. The fourth-order valence-electron chi connectivity index (χ4n) is 5.85. The highest BCUT2D eigenvalue weighted by molar-refractivity contribution is 6.38. The highest BCUT2D eigenvalue weighted by Gasteiger charge is 2.32. The van der Waals surface area contributed by atoms with Gasteiger partial charge in [0.2, 0.25) is 0 Å². The summed E-state index contributed by atoms with van der Waals surface area (Å²) in [6.45, 7) is 0. The van der Waals surface area contributed by atoms with Gasteiger partial charge in [-0.25, -0.2) is 19.6 Å². The maximum atomic E-state index is 13.1. The summed E-state index contributed by atoms with van der Waals surface area (Å²) in [6, 6.07) is 29.6. The molecule has 10 nitrogen and oxygen atoms in total. The first-order chi connectivity index (χ1) is 23.4. The monoisotopic (exact) mass is 628 g/mol. The molecule has 7 rings (SSSR count). The van der Waals surface area contributed by atoms with E-state index in [2.05, 4.69) is 22.1 Å². The molecule has 5 aromatic rings. The number of ether oxygens (including phenoxy) is 2. The van der Waals surface area contributed by atoms with Gasteiger partial charge >= 0.3 is 11.9 Å². The molecule has 8 bridgehead atoms. The summed E-state index contributed by atoms with van der Waals surface area (Å²) in [4.78, 5) is 42.9. The van der Waals surface area contributed by atoms with Crippen molar-refractivity contribution in [3.8, 4) is 34.4 Å². The summed E-state index contributed by atoms with van der Waals surface area (Å²) in [5, 5.41) is 18.8. The third-order valence-corrected chi connectivity index (χ3v) is 8.08. The topological polar surface area (TPSA) is 158 Å². The third kappa shape index (κ3) is 5.19. The molecule has 2 aromatic carbocycles. The molecule has 0 spiro atoms. The van der Waals surface area contributed by atoms with Crippen molar-refractivity contribution in [1.82, 2.24) is 19.9 Å². The van der Waals surface area contributed by atoms with Crippen molar-refractivity contribution in [3.05, 3.63) is 119 Å². The summed E-state index contributed by atoms with van der Waals surface area (Å²) in [5.41, 5.74) is 8.64. The number of H-pyrrole nitrogens is 2. The molecule has 0 atom stereocenters.